The van der Waals surface area contributed by atoms with E-state index in [-0.39, 0.29) is 15.6 Å². The van der Waals surface area contributed by atoms with Crippen molar-refractivity contribution in [3.8, 4) is 0 Å². The van der Waals surface area contributed by atoms with Gasteiger partial charge in [-0.1, -0.05) is 23.2 Å². The third-order valence-corrected chi connectivity index (χ3v) is 5.10. The van der Waals surface area contributed by atoms with Crippen LogP contribution in [-0.2, 0) is 19.6 Å². The normalized spacial score (nSPS) is 15.0. The number of anilines is 2. The third-order valence-electron chi connectivity index (χ3n) is 3.56. The summed E-state index contributed by atoms with van der Waals surface area (Å²) in [5, 5.41) is 7.95. The van der Waals surface area contributed by atoms with Gasteiger partial charge in [0.1, 0.15) is 10.7 Å². The van der Waals surface area contributed by atoms with Crippen molar-refractivity contribution in [1.82, 2.24) is 0 Å². The number of rotatable bonds is 4. The fourth-order valence-corrected chi connectivity index (χ4v) is 3.16. The molecule has 1 heterocycles. The Bertz CT molecular complexity index is 1030. The molecule has 0 spiro atoms. The SMILES string of the molecule is NS(=O)(=O)c1ccc(NC2=C(Cl)C(=O)N(c3ccc(Cl)cc3)C2=O)cc1. The summed E-state index contributed by atoms with van der Waals surface area (Å²) >= 11 is 11.8. The van der Waals surface area contributed by atoms with Crippen molar-refractivity contribution in [2.45, 2.75) is 4.90 Å². The van der Waals surface area contributed by atoms with Crippen molar-refractivity contribution in [2.24, 2.45) is 5.14 Å². The van der Waals surface area contributed by atoms with Crippen LogP contribution in [0.25, 0.3) is 0 Å². The highest BCUT2D eigenvalue weighted by Crippen LogP contribution is 2.30. The summed E-state index contributed by atoms with van der Waals surface area (Å²) in [6.45, 7) is 0. The second kappa shape index (κ2) is 6.73. The van der Waals surface area contributed by atoms with Gasteiger partial charge in [-0.15, -0.1) is 0 Å². The maximum atomic E-state index is 12.6. The summed E-state index contributed by atoms with van der Waals surface area (Å²) < 4.78 is 22.5. The van der Waals surface area contributed by atoms with Crippen molar-refractivity contribution >= 4 is 56.4 Å². The first kappa shape index (κ1) is 18.4. The highest BCUT2D eigenvalue weighted by molar-refractivity contribution is 7.89. The van der Waals surface area contributed by atoms with Crippen molar-refractivity contribution in [2.75, 3.05) is 10.2 Å². The first-order valence-electron chi connectivity index (χ1n) is 7.12. The Hall–Kier alpha value is -2.39. The van der Waals surface area contributed by atoms with Crippen LogP contribution in [0.2, 0.25) is 5.02 Å². The molecule has 1 aliphatic rings. The van der Waals surface area contributed by atoms with E-state index in [0.29, 0.717) is 16.4 Å². The third kappa shape index (κ3) is 3.45. The zero-order chi connectivity index (χ0) is 19.1. The number of imide groups is 1. The van der Waals surface area contributed by atoms with Crippen LogP contribution >= 0.6 is 23.2 Å². The Kier molecular flexibility index (Phi) is 4.76. The quantitative estimate of drug-likeness (QED) is 0.750. The molecule has 0 atom stereocenters. The van der Waals surface area contributed by atoms with Gasteiger partial charge in [-0.3, -0.25) is 9.59 Å². The highest BCUT2D eigenvalue weighted by Gasteiger charge is 2.38. The molecule has 2 aromatic rings. The van der Waals surface area contributed by atoms with Crippen LogP contribution in [0.3, 0.4) is 0 Å². The fourth-order valence-electron chi connectivity index (χ4n) is 2.31. The number of hydrogen-bond donors (Lipinski definition) is 2. The van der Waals surface area contributed by atoms with Crippen LogP contribution < -0.4 is 15.4 Å². The van der Waals surface area contributed by atoms with Gasteiger partial charge < -0.3 is 5.32 Å². The van der Waals surface area contributed by atoms with Crippen LogP contribution in [0.4, 0.5) is 11.4 Å². The summed E-state index contributed by atoms with van der Waals surface area (Å²) in [6.07, 6.45) is 0. The number of benzene rings is 2. The summed E-state index contributed by atoms with van der Waals surface area (Å²) in [7, 11) is -3.83. The molecule has 134 valence electrons. The first-order chi connectivity index (χ1) is 12.2. The predicted octanol–water partition coefficient (Wildman–Crippen LogP) is 2.42. The molecule has 2 aromatic carbocycles. The average Bonchev–Trinajstić information content (AvgIpc) is 2.79. The fraction of sp³-hybridized carbons (Fsp3) is 0. The standard InChI is InChI=1S/C16H11Cl2N3O4S/c17-9-1-5-11(6-2-9)21-15(22)13(18)14(16(21)23)20-10-3-7-12(8-4-10)26(19,24)25/h1-8,20H,(H2,19,24,25). The summed E-state index contributed by atoms with van der Waals surface area (Å²) in [6, 6.07) is 11.5. The van der Waals surface area contributed by atoms with Gasteiger partial charge in [-0.05, 0) is 48.5 Å². The lowest BCUT2D eigenvalue weighted by Gasteiger charge is -2.15. The van der Waals surface area contributed by atoms with E-state index in [9.17, 15) is 18.0 Å². The van der Waals surface area contributed by atoms with Gasteiger partial charge in [0.15, 0.2) is 0 Å². The zero-order valence-corrected chi connectivity index (χ0v) is 15.3. The van der Waals surface area contributed by atoms with Crippen molar-refractivity contribution in [1.29, 1.82) is 0 Å². The van der Waals surface area contributed by atoms with Gasteiger partial charge in [-0.25, -0.2) is 18.5 Å². The van der Waals surface area contributed by atoms with Crippen molar-refractivity contribution < 1.29 is 18.0 Å². The minimum absolute atomic E-state index is 0.0836. The molecule has 10 heteroatoms. The lowest BCUT2D eigenvalue weighted by Crippen LogP contribution is -2.32. The van der Waals surface area contributed by atoms with E-state index >= 15 is 0 Å². The monoisotopic (exact) mass is 411 g/mol. The number of nitrogens with zero attached hydrogens (tertiary/aromatic N) is 1. The molecular formula is C16H11Cl2N3O4S. The van der Waals surface area contributed by atoms with E-state index in [4.69, 9.17) is 28.3 Å². The van der Waals surface area contributed by atoms with Crippen LogP contribution in [0.1, 0.15) is 0 Å². The van der Waals surface area contributed by atoms with E-state index in [2.05, 4.69) is 5.32 Å². The van der Waals surface area contributed by atoms with Crippen LogP contribution in [0.5, 0.6) is 0 Å². The van der Waals surface area contributed by atoms with Gasteiger partial charge in [0.25, 0.3) is 11.8 Å². The van der Waals surface area contributed by atoms with E-state index < -0.39 is 21.8 Å². The molecule has 1 aliphatic heterocycles. The van der Waals surface area contributed by atoms with Gasteiger partial charge in [0, 0.05) is 10.7 Å². The molecule has 3 N–H and O–H groups in total. The molecule has 26 heavy (non-hydrogen) atoms. The number of sulfonamides is 1. The molecule has 3 rings (SSSR count). The van der Waals surface area contributed by atoms with Crippen LogP contribution in [0, 0.1) is 0 Å². The van der Waals surface area contributed by atoms with Gasteiger partial charge in [0.05, 0.1) is 10.6 Å². The van der Waals surface area contributed by atoms with E-state index in [1.165, 1.54) is 36.4 Å². The lowest BCUT2D eigenvalue weighted by atomic mass is 10.3. The maximum Gasteiger partial charge on any atom is 0.283 e. The number of primary sulfonamides is 1. The van der Waals surface area contributed by atoms with Crippen LogP contribution in [-0.4, -0.2) is 20.2 Å². The van der Waals surface area contributed by atoms with Gasteiger partial charge >= 0.3 is 0 Å². The Balaban J connectivity index is 1.87. The number of carbonyl (C=O) groups is 2. The molecule has 0 aromatic heterocycles. The van der Waals surface area contributed by atoms with E-state index in [0.717, 1.165) is 4.90 Å². The molecule has 0 bridgehead atoms. The molecular weight excluding hydrogens is 401 g/mol. The number of halogens is 2. The van der Waals surface area contributed by atoms with E-state index in [1.807, 2.05) is 0 Å². The Morgan fingerprint density at radius 3 is 2.00 bits per heavy atom. The molecule has 0 fully saturated rings. The smallest absolute Gasteiger partial charge is 0.283 e. The first-order valence-corrected chi connectivity index (χ1v) is 9.43. The van der Waals surface area contributed by atoms with Crippen molar-refractivity contribution in [3.63, 3.8) is 0 Å². The number of amides is 2. The second-order valence-electron chi connectivity index (χ2n) is 5.31. The summed E-state index contributed by atoms with van der Waals surface area (Å²) in [5.41, 5.74) is 0.573. The minimum Gasteiger partial charge on any atom is -0.350 e. The topological polar surface area (TPSA) is 110 Å². The molecule has 0 aliphatic carbocycles. The molecule has 0 unspecified atom stereocenters. The average molecular weight is 412 g/mol. The second-order valence-corrected chi connectivity index (χ2v) is 7.68. The Morgan fingerprint density at radius 2 is 1.46 bits per heavy atom. The lowest BCUT2D eigenvalue weighted by molar-refractivity contribution is -0.120. The van der Waals surface area contributed by atoms with E-state index in [1.54, 1.807) is 12.1 Å². The summed E-state index contributed by atoms with van der Waals surface area (Å²) in [4.78, 5) is 25.8. The van der Waals surface area contributed by atoms with Gasteiger partial charge in [0.2, 0.25) is 10.0 Å². The molecule has 0 radical (unpaired) electrons. The maximum absolute atomic E-state index is 12.6. The highest BCUT2D eigenvalue weighted by atomic mass is 35.5. The predicted molar refractivity (Wildman–Crippen MR) is 98.3 cm³/mol. The molecule has 7 nitrogen and oxygen atoms in total. The Morgan fingerprint density at radius 1 is 0.885 bits per heavy atom. The summed E-state index contributed by atoms with van der Waals surface area (Å²) in [5.74, 6) is -1.32. The molecule has 2 amide bonds. The number of hydrogen-bond acceptors (Lipinski definition) is 5. The number of carbonyl (C=O) groups excluding carboxylic acids is 2. The molecule has 0 saturated carbocycles. The van der Waals surface area contributed by atoms with Crippen LogP contribution in [0.15, 0.2) is 64.2 Å². The largest absolute Gasteiger partial charge is 0.350 e. The Labute approximate surface area is 159 Å². The zero-order valence-electron chi connectivity index (χ0n) is 12.9. The molecule has 0 saturated heterocycles. The minimum atomic E-state index is -3.83. The number of nitrogens with one attached hydrogen (secondary N) is 1. The number of nitrogens with two attached hydrogens (primary N) is 1. The van der Waals surface area contributed by atoms with Gasteiger partial charge in [-0.2, -0.15) is 0 Å². The van der Waals surface area contributed by atoms with Crippen molar-refractivity contribution in [3.05, 3.63) is 64.3 Å².